The van der Waals surface area contributed by atoms with E-state index < -0.39 is 5.60 Å². The van der Waals surface area contributed by atoms with Crippen LogP contribution in [0.25, 0.3) is 0 Å². The van der Waals surface area contributed by atoms with Gasteiger partial charge in [-0.15, -0.1) is 6.42 Å². The topological polar surface area (TPSA) is 29.5 Å². The Morgan fingerprint density at radius 2 is 2.00 bits per heavy atom. The summed E-state index contributed by atoms with van der Waals surface area (Å²) in [7, 11) is 0. The molecule has 0 amide bonds. The van der Waals surface area contributed by atoms with E-state index in [1.807, 2.05) is 20.8 Å². The fraction of sp³-hybridized carbons (Fsp3) is 0.800. The lowest BCUT2D eigenvalue weighted by molar-refractivity contribution is -0.155. The zero-order valence-electron chi connectivity index (χ0n) is 7.92. The maximum Gasteiger partial charge on any atom is 0.130 e. The highest BCUT2D eigenvalue weighted by molar-refractivity contribution is 5.15. The molecule has 1 rings (SSSR count). The second-order valence-electron chi connectivity index (χ2n) is 4.44. The molecule has 0 radical (unpaired) electrons. The van der Waals surface area contributed by atoms with Crippen molar-refractivity contribution in [2.24, 2.45) is 0 Å². The molecule has 1 fully saturated rings. The average Bonchev–Trinajstić information content (AvgIpc) is 1.81. The van der Waals surface area contributed by atoms with Gasteiger partial charge in [0.05, 0.1) is 11.7 Å². The maximum absolute atomic E-state index is 9.47. The van der Waals surface area contributed by atoms with E-state index in [9.17, 15) is 5.11 Å². The number of rotatable bonds is 1. The van der Waals surface area contributed by atoms with Crippen LogP contribution in [0.15, 0.2) is 0 Å². The number of hydrogen-bond donors (Lipinski definition) is 1. The normalized spacial score (nSPS) is 35.4. The molecule has 0 unspecified atom stereocenters. The Balaban J connectivity index is 2.32. The van der Waals surface area contributed by atoms with Crippen LogP contribution in [0, 0.1) is 12.3 Å². The highest BCUT2D eigenvalue weighted by Gasteiger charge is 2.43. The molecule has 0 aromatic heterocycles. The number of aliphatic hydroxyl groups is 1. The third-order valence-corrected chi connectivity index (χ3v) is 1.92. The summed E-state index contributed by atoms with van der Waals surface area (Å²) in [6, 6.07) is 0. The molecule has 0 aromatic rings. The minimum Gasteiger partial charge on any atom is -0.377 e. The summed E-state index contributed by atoms with van der Waals surface area (Å²) < 4.78 is 5.62. The number of ether oxygens (including phenoxy) is 1. The van der Waals surface area contributed by atoms with Crippen LogP contribution in [0.4, 0.5) is 0 Å². The molecule has 68 valence electrons. The molecule has 0 bridgehead atoms. The summed E-state index contributed by atoms with van der Waals surface area (Å²) >= 11 is 0. The van der Waals surface area contributed by atoms with Crippen molar-refractivity contribution in [1.82, 2.24) is 0 Å². The highest BCUT2D eigenvalue weighted by atomic mass is 16.5. The second-order valence-corrected chi connectivity index (χ2v) is 4.44. The molecule has 1 saturated carbocycles. The van der Waals surface area contributed by atoms with Crippen molar-refractivity contribution in [3.63, 3.8) is 0 Å². The Hall–Kier alpha value is -0.520. The predicted molar refractivity (Wildman–Crippen MR) is 47.6 cm³/mol. The van der Waals surface area contributed by atoms with E-state index in [0.717, 1.165) is 0 Å². The third-order valence-electron chi connectivity index (χ3n) is 1.92. The lowest BCUT2D eigenvalue weighted by Gasteiger charge is -2.42. The summed E-state index contributed by atoms with van der Waals surface area (Å²) in [6.45, 7) is 6.00. The van der Waals surface area contributed by atoms with Crippen LogP contribution in [-0.4, -0.2) is 22.4 Å². The van der Waals surface area contributed by atoms with Crippen LogP contribution in [0.3, 0.4) is 0 Å². The van der Waals surface area contributed by atoms with Gasteiger partial charge in [-0.2, -0.15) is 0 Å². The van der Waals surface area contributed by atoms with Crippen molar-refractivity contribution in [2.45, 2.75) is 50.9 Å². The molecule has 2 heteroatoms. The first-order valence-electron chi connectivity index (χ1n) is 4.23. The molecule has 0 atom stereocenters. The average molecular weight is 168 g/mol. The molecule has 0 aliphatic heterocycles. The Bertz CT molecular complexity index is 201. The minimum atomic E-state index is -0.893. The first-order chi connectivity index (χ1) is 5.35. The number of hydrogen-bond acceptors (Lipinski definition) is 2. The standard InChI is InChI=1S/C10H16O2/c1-5-10(11)6-8(7-10)12-9(2,3)4/h1,8,11H,6-7H2,2-4H3. The zero-order valence-corrected chi connectivity index (χ0v) is 7.92. The lowest BCUT2D eigenvalue weighted by Crippen LogP contribution is -2.49. The first-order valence-corrected chi connectivity index (χ1v) is 4.23. The Morgan fingerprint density at radius 1 is 1.50 bits per heavy atom. The molecule has 2 nitrogen and oxygen atoms in total. The van der Waals surface area contributed by atoms with Gasteiger partial charge in [0.15, 0.2) is 0 Å². The minimum absolute atomic E-state index is 0.131. The van der Waals surface area contributed by atoms with E-state index in [1.165, 1.54) is 0 Å². The molecule has 12 heavy (non-hydrogen) atoms. The molecule has 0 aromatic carbocycles. The third kappa shape index (κ3) is 2.23. The highest BCUT2D eigenvalue weighted by Crippen LogP contribution is 2.35. The molecule has 0 spiro atoms. The Kier molecular flexibility index (Phi) is 2.20. The zero-order chi connectivity index (χ0) is 9.41. The Morgan fingerprint density at radius 3 is 2.33 bits per heavy atom. The van der Waals surface area contributed by atoms with Gasteiger partial charge in [0, 0.05) is 12.8 Å². The molecule has 0 saturated heterocycles. The van der Waals surface area contributed by atoms with Crippen LogP contribution in [0.1, 0.15) is 33.6 Å². The van der Waals surface area contributed by atoms with Crippen molar-refractivity contribution in [1.29, 1.82) is 0 Å². The van der Waals surface area contributed by atoms with Crippen LogP contribution >= 0.6 is 0 Å². The predicted octanol–water partition coefficient (Wildman–Crippen LogP) is 1.33. The van der Waals surface area contributed by atoms with Crippen molar-refractivity contribution >= 4 is 0 Å². The fourth-order valence-electron chi connectivity index (χ4n) is 1.39. The molecule has 0 heterocycles. The summed E-state index contributed by atoms with van der Waals surface area (Å²) in [4.78, 5) is 0. The molecular formula is C10H16O2. The van der Waals surface area contributed by atoms with Crippen LogP contribution in [0.5, 0.6) is 0 Å². The fourth-order valence-corrected chi connectivity index (χ4v) is 1.39. The summed E-state index contributed by atoms with van der Waals surface area (Å²) in [6.07, 6.45) is 6.41. The van der Waals surface area contributed by atoms with Gasteiger partial charge in [-0.3, -0.25) is 0 Å². The monoisotopic (exact) mass is 168 g/mol. The van der Waals surface area contributed by atoms with Gasteiger partial charge in [0.1, 0.15) is 5.60 Å². The van der Waals surface area contributed by atoms with E-state index in [1.54, 1.807) is 0 Å². The summed E-state index contributed by atoms with van der Waals surface area (Å²) in [5.74, 6) is 2.37. The molecule has 1 aliphatic carbocycles. The maximum atomic E-state index is 9.47. The largest absolute Gasteiger partial charge is 0.377 e. The van der Waals surface area contributed by atoms with Crippen LogP contribution < -0.4 is 0 Å². The van der Waals surface area contributed by atoms with E-state index in [4.69, 9.17) is 11.2 Å². The number of terminal acetylenes is 1. The lowest BCUT2D eigenvalue weighted by atomic mass is 9.78. The second kappa shape index (κ2) is 2.76. The molecule has 1 aliphatic rings. The van der Waals surface area contributed by atoms with Gasteiger partial charge in [-0.1, -0.05) is 5.92 Å². The van der Waals surface area contributed by atoms with Gasteiger partial charge in [0.2, 0.25) is 0 Å². The van der Waals surface area contributed by atoms with Crippen molar-refractivity contribution in [3.05, 3.63) is 0 Å². The van der Waals surface area contributed by atoms with Gasteiger partial charge < -0.3 is 9.84 Å². The Labute approximate surface area is 73.9 Å². The SMILES string of the molecule is C#CC1(O)CC(OC(C)(C)C)C1. The van der Waals surface area contributed by atoms with E-state index in [2.05, 4.69) is 5.92 Å². The van der Waals surface area contributed by atoms with Crippen LogP contribution in [0.2, 0.25) is 0 Å². The van der Waals surface area contributed by atoms with Gasteiger partial charge in [-0.05, 0) is 20.8 Å². The molecular weight excluding hydrogens is 152 g/mol. The van der Waals surface area contributed by atoms with Crippen LogP contribution in [-0.2, 0) is 4.74 Å². The molecule has 1 N–H and O–H groups in total. The van der Waals surface area contributed by atoms with Crippen molar-refractivity contribution < 1.29 is 9.84 Å². The van der Waals surface area contributed by atoms with Crippen molar-refractivity contribution in [3.8, 4) is 12.3 Å². The van der Waals surface area contributed by atoms with Gasteiger partial charge in [-0.25, -0.2) is 0 Å². The van der Waals surface area contributed by atoms with E-state index >= 15 is 0 Å². The summed E-state index contributed by atoms with van der Waals surface area (Å²) in [5, 5.41) is 9.47. The van der Waals surface area contributed by atoms with Gasteiger partial charge in [0.25, 0.3) is 0 Å². The van der Waals surface area contributed by atoms with E-state index in [0.29, 0.717) is 12.8 Å². The smallest absolute Gasteiger partial charge is 0.130 e. The van der Waals surface area contributed by atoms with Crippen molar-refractivity contribution in [2.75, 3.05) is 0 Å². The van der Waals surface area contributed by atoms with Gasteiger partial charge >= 0.3 is 0 Å². The first kappa shape index (κ1) is 9.57. The summed E-state index contributed by atoms with van der Waals surface area (Å²) in [5.41, 5.74) is -1.03. The van der Waals surface area contributed by atoms with E-state index in [-0.39, 0.29) is 11.7 Å². The quantitative estimate of drug-likeness (QED) is 0.598.